The Labute approximate surface area is 91.2 Å². The molecule has 0 aliphatic rings. The van der Waals surface area contributed by atoms with Crippen molar-refractivity contribution in [3.05, 3.63) is 12.7 Å². The lowest BCUT2D eigenvalue weighted by Gasteiger charge is -2.33. The number of nitrogens with zero attached hydrogens (tertiary/aromatic N) is 1. The molecule has 1 atom stereocenters. The van der Waals surface area contributed by atoms with Gasteiger partial charge in [0.25, 0.3) is 0 Å². The van der Waals surface area contributed by atoms with Crippen LogP contribution in [0, 0.1) is 0 Å². The van der Waals surface area contributed by atoms with E-state index in [1.54, 1.807) is 6.08 Å². The second-order valence-corrected chi connectivity index (χ2v) is 5.66. The van der Waals surface area contributed by atoms with Gasteiger partial charge in [-0.05, 0) is 6.42 Å². The third-order valence-corrected chi connectivity index (χ3v) is 2.72. The maximum absolute atomic E-state index is 10.6. The second kappa shape index (κ2) is 5.77. The molecule has 0 aliphatic heterocycles. The van der Waals surface area contributed by atoms with Crippen LogP contribution in [0.25, 0.3) is 0 Å². The minimum absolute atomic E-state index is 0.0515. The molecule has 1 unspecified atom stereocenters. The van der Waals surface area contributed by atoms with Gasteiger partial charge in [-0.25, -0.2) is 4.57 Å². The van der Waals surface area contributed by atoms with Gasteiger partial charge in [-0.3, -0.25) is 4.52 Å². The fourth-order valence-electron chi connectivity index (χ4n) is 1.19. The monoisotopic (exact) mass is 238 g/mol. The molecule has 0 spiro atoms. The third kappa shape index (κ3) is 7.71. The van der Waals surface area contributed by atoms with Crippen LogP contribution in [0.5, 0.6) is 0 Å². The summed E-state index contributed by atoms with van der Waals surface area (Å²) in [5.41, 5.74) is 0. The van der Waals surface area contributed by atoms with Crippen molar-refractivity contribution in [1.29, 1.82) is 0 Å². The van der Waals surface area contributed by atoms with Crippen molar-refractivity contribution < 1.29 is 23.4 Å². The molecule has 0 amide bonds. The number of quaternary nitrogens is 1. The summed E-state index contributed by atoms with van der Waals surface area (Å²) in [6, 6.07) is 0.0515. The zero-order valence-electron chi connectivity index (χ0n) is 9.59. The Morgan fingerprint density at radius 3 is 2.33 bits per heavy atom. The van der Waals surface area contributed by atoms with Crippen LogP contribution in [0.1, 0.15) is 12.8 Å². The van der Waals surface area contributed by atoms with E-state index in [0.717, 1.165) is 12.8 Å². The number of hydrogen-bond donors (Lipinski definition) is 2. The third-order valence-electron chi connectivity index (χ3n) is 2.23. The Bertz CT molecular complexity index is 243. The van der Waals surface area contributed by atoms with Crippen LogP contribution in [-0.4, -0.2) is 48.1 Å². The first-order chi connectivity index (χ1) is 6.67. The quantitative estimate of drug-likeness (QED) is 0.396. The van der Waals surface area contributed by atoms with E-state index in [1.165, 1.54) is 0 Å². The first-order valence-electron chi connectivity index (χ1n) is 4.79. The highest BCUT2D eigenvalue weighted by atomic mass is 31.2. The summed E-state index contributed by atoms with van der Waals surface area (Å²) in [5, 5.41) is 0. The molecule has 0 bridgehead atoms. The number of phosphoric ester groups is 1. The standard InChI is InChI=1S/C9H20NO4P/c1-5-6-7-9(10(2,3)4)8-14-15(11,12)13/h5,9H,1,6-8H2,2-4H3,(H-,11,12,13)/p+1. The van der Waals surface area contributed by atoms with Crippen LogP contribution in [0.4, 0.5) is 0 Å². The van der Waals surface area contributed by atoms with Crippen molar-refractivity contribution in [2.45, 2.75) is 18.9 Å². The minimum atomic E-state index is -4.36. The minimum Gasteiger partial charge on any atom is -0.327 e. The summed E-state index contributed by atoms with van der Waals surface area (Å²) in [6.45, 7) is 3.68. The molecule has 0 fully saturated rings. The summed E-state index contributed by atoms with van der Waals surface area (Å²) >= 11 is 0. The fourth-order valence-corrected chi connectivity index (χ4v) is 1.55. The number of rotatable bonds is 7. The molecule has 0 rings (SSSR count). The predicted molar refractivity (Wildman–Crippen MR) is 59.2 cm³/mol. The van der Waals surface area contributed by atoms with E-state index in [1.807, 2.05) is 21.1 Å². The summed E-state index contributed by atoms with van der Waals surface area (Å²) in [4.78, 5) is 17.2. The summed E-state index contributed by atoms with van der Waals surface area (Å²) in [7, 11) is 1.55. The topological polar surface area (TPSA) is 66.8 Å². The van der Waals surface area contributed by atoms with Gasteiger partial charge in [0.1, 0.15) is 12.6 Å². The highest BCUT2D eigenvalue weighted by molar-refractivity contribution is 7.46. The van der Waals surface area contributed by atoms with Gasteiger partial charge < -0.3 is 14.3 Å². The average molecular weight is 238 g/mol. The first kappa shape index (κ1) is 14.8. The van der Waals surface area contributed by atoms with Gasteiger partial charge in [0.2, 0.25) is 0 Å². The highest BCUT2D eigenvalue weighted by Gasteiger charge is 2.26. The first-order valence-corrected chi connectivity index (χ1v) is 6.32. The SMILES string of the molecule is C=CCCC(COP(=O)(O)O)[N+](C)(C)C. The van der Waals surface area contributed by atoms with E-state index < -0.39 is 7.82 Å². The summed E-state index contributed by atoms with van der Waals surface area (Å²) < 4.78 is 15.7. The number of allylic oxidation sites excluding steroid dienone is 1. The Morgan fingerprint density at radius 2 is 2.00 bits per heavy atom. The van der Waals surface area contributed by atoms with E-state index in [0.29, 0.717) is 4.48 Å². The number of likely N-dealkylation sites (N-methyl/N-ethyl adjacent to an activating group) is 1. The van der Waals surface area contributed by atoms with E-state index in [-0.39, 0.29) is 12.6 Å². The van der Waals surface area contributed by atoms with Gasteiger partial charge in [-0.1, -0.05) is 6.08 Å². The largest absolute Gasteiger partial charge is 0.469 e. The number of phosphoric acid groups is 1. The van der Waals surface area contributed by atoms with Gasteiger partial charge in [-0.15, -0.1) is 6.58 Å². The normalized spacial score (nSPS) is 15.0. The smallest absolute Gasteiger partial charge is 0.327 e. The Kier molecular flexibility index (Phi) is 5.70. The predicted octanol–water partition coefficient (Wildman–Crippen LogP) is 1.14. The van der Waals surface area contributed by atoms with Gasteiger partial charge >= 0.3 is 7.82 Å². The van der Waals surface area contributed by atoms with Crippen LogP contribution in [0.2, 0.25) is 0 Å². The summed E-state index contributed by atoms with van der Waals surface area (Å²) in [5.74, 6) is 0. The molecule has 0 aliphatic carbocycles. The number of hydrogen-bond acceptors (Lipinski definition) is 2. The molecule has 0 saturated heterocycles. The van der Waals surface area contributed by atoms with Crippen molar-refractivity contribution >= 4 is 7.82 Å². The van der Waals surface area contributed by atoms with Crippen molar-refractivity contribution in [3.63, 3.8) is 0 Å². The Balaban J connectivity index is 4.26. The molecule has 6 heteroatoms. The second-order valence-electron chi connectivity index (χ2n) is 4.42. The zero-order chi connectivity index (χ0) is 12.1. The van der Waals surface area contributed by atoms with Gasteiger partial charge in [0.05, 0.1) is 21.1 Å². The molecular weight excluding hydrogens is 217 g/mol. The van der Waals surface area contributed by atoms with Crippen molar-refractivity contribution in [1.82, 2.24) is 0 Å². The van der Waals surface area contributed by atoms with Crippen LogP contribution >= 0.6 is 7.82 Å². The van der Waals surface area contributed by atoms with E-state index in [9.17, 15) is 4.57 Å². The maximum Gasteiger partial charge on any atom is 0.469 e. The molecular formula is C9H21NO4P+. The van der Waals surface area contributed by atoms with E-state index in [2.05, 4.69) is 11.1 Å². The van der Waals surface area contributed by atoms with Crippen molar-refractivity contribution in [2.75, 3.05) is 27.7 Å². The lowest BCUT2D eigenvalue weighted by atomic mass is 10.1. The van der Waals surface area contributed by atoms with Gasteiger partial charge in [0, 0.05) is 6.42 Å². The lowest BCUT2D eigenvalue weighted by molar-refractivity contribution is -0.896. The maximum atomic E-state index is 10.6. The summed E-state index contributed by atoms with van der Waals surface area (Å²) in [6.07, 6.45) is 3.40. The molecule has 0 aromatic heterocycles. The van der Waals surface area contributed by atoms with E-state index >= 15 is 0 Å². The van der Waals surface area contributed by atoms with Crippen LogP contribution in [0.15, 0.2) is 12.7 Å². The zero-order valence-corrected chi connectivity index (χ0v) is 10.5. The highest BCUT2D eigenvalue weighted by Crippen LogP contribution is 2.36. The lowest BCUT2D eigenvalue weighted by Crippen LogP contribution is -2.47. The van der Waals surface area contributed by atoms with Crippen molar-refractivity contribution in [3.8, 4) is 0 Å². The molecule has 90 valence electrons. The molecule has 15 heavy (non-hydrogen) atoms. The fraction of sp³-hybridized carbons (Fsp3) is 0.778. The molecule has 0 heterocycles. The molecule has 5 nitrogen and oxygen atoms in total. The molecule has 0 radical (unpaired) electrons. The van der Waals surface area contributed by atoms with E-state index in [4.69, 9.17) is 9.79 Å². The molecule has 0 aromatic carbocycles. The van der Waals surface area contributed by atoms with Crippen molar-refractivity contribution in [2.24, 2.45) is 0 Å². The van der Waals surface area contributed by atoms with Gasteiger partial charge in [-0.2, -0.15) is 0 Å². The Morgan fingerprint density at radius 1 is 1.47 bits per heavy atom. The molecule has 0 saturated carbocycles. The Hall–Kier alpha value is -0.190. The van der Waals surface area contributed by atoms with Crippen LogP contribution in [-0.2, 0) is 9.09 Å². The van der Waals surface area contributed by atoms with Gasteiger partial charge in [0.15, 0.2) is 0 Å². The van der Waals surface area contributed by atoms with Crippen LogP contribution in [0.3, 0.4) is 0 Å². The van der Waals surface area contributed by atoms with Crippen LogP contribution < -0.4 is 0 Å². The average Bonchev–Trinajstić information content (AvgIpc) is 1.99. The molecule has 0 aromatic rings. The molecule has 2 N–H and O–H groups in total.